The molecule has 0 aliphatic heterocycles. The Morgan fingerprint density at radius 1 is 1.20 bits per heavy atom. The van der Waals surface area contributed by atoms with Crippen molar-refractivity contribution in [3.63, 3.8) is 0 Å². The fourth-order valence-electron chi connectivity index (χ4n) is 1.74. The summed E-state index contributed by atoms with van der Waals surface area (Å²) in [4.78, 5) is 10.9. The van der Waals surface area contributed by atoms with Crippen molar-refractivity contribution in [2.45, 2.75) is 13.5 Å². The van der Waals surface area contributed by atoms with Gasteiger partial charge in [0.2, 0.25) is 5.91 Å². The number of hydrogen-bond acceptors (Lipinski definition) is 2. The van der Waals surface area contributed by atoms with Gasteiger partial charge in [-0.2, -0.15) is 0 Å². The van der Waals surface area contributed by atoms with E-state index in [1.165, 1.54) is 19.1 Å². The van der Waals surface area contributed by atoms with E-state index in [1.807, 2.05) is 24.3 Å². The van der Waals surface area contributed by atoms with Crippen molar-refractivity contribution in [2.24, 2.45) is 0 Å². The molecule has 2 N–H and O–H groups in total. The van der Waals surface area contributed by atoms with Gasteiger partial charge in [-0.05, 0) is 58.5 Å². The average Bonchev–Trinajstić information content (AvgIpc) is 2.39. The van der Waals surface area contributed by atoms with Crippen molar-refractivity contribution < 1.29 is 9.18 Å². The molecule has 1 amide bonds. The monoisotopic (exact) mass is 384 g/mol. The molecule has 0 fully saturated rings. The van der Waals surface area contributed by atoms with Crippen molar-refractivity contribution in [2.75, 3.05) is 10.6 Å². The van der Waals surface area contributed by atoms with Crippen LogP contribution in [0.15, 0.2) is 42.5 Å². The van der Waals surface area contributed by atoms with Crippen LogP contribution in [0.25, 0.3) is 0 Å². The minimum Gasteiger partial charge on any atom is -0.380 e. The molecule has 0 saturated heterocycles. The summed E-state index contributed by atoms with van der Waals surface area (Å²) >= 11 is 2.10. The quantitative estimate of drug-likeness (QED) is 0.783. The number of amides is 1. The minimum atomic E-state index is -0.236. The zero-order chi connectivity index (χ0) is 14.5. The second-order valence-corrected chi connectivity index (χ2v) is 5.52. The number of nitrogens with one attached hydrogen (secondary N) is 2. The number of carbonyl (C=O) groups is 1. The van der Waals surface area contributed by atoms with E-state index in [4.69, 9.17) is 0 Å². The molecule has 5 heteroatoms. The summed E-state index contributed by atoms with van der Waals surface area (Å²) < 4.78 is 13.8. The van der Waals surface area contributed by atoms with Gasteiger partial charge in [0.25, 0.3) is 0 Å². The van der Waals surface area contributed by atoms with Crippen LogP contribution in [-0.4, -0.2) is 5.91 Å². The highest BCUT2D eigenvalue weighted by molar-refractivity contribution is 14.1. The first-order valence-corrected chi connectivity index (χ1v) is 7.18. The van der Waals surface area contributed by atoms with Crippen molar-refractivity contribution in [3.05, 3.63) is 57.4 Å². The third-order valence-corrected chi connectivity index (χ3v) is 3.58. The molecule has 0 radical (unpaired) electrons. The van der Waals surface area contributed by atoms with Crippen molar-refractivity contribution >= 4 is 39.9 Å². The molecule has 20 heavy (non-hydrogen) atoms. The van der Waals surface area contributed by atoms with Crippen LogP contribution >= 0.6 is 22.6 Å². The Morgan fingerprint density at radius 3 is 2.50 bits per heavy atom. The summed E-state index contributed by atoms with van der Waals surface area (Å²) in [7, 11) is 0. The first-order valence-electron chi connectivity index (χ1n) is 6.10. The first kappa shape index (κ1) is 14.8. The summed E-state index contributed by atoms with van der Waals surface area (Å²) in [6.07, 6.45) is 0. The molecule has 0 spiro atoms. The van der Waals surface area contributed by atoms with Gasteiger partial charge in [0, 0.05) is 28.4 Å². The summed E-state index contributed by atoms with van der Waals surface area (Å²) in [5.74, 6) is -0.323. The van der Waals surface area contributed by atoms with Crippen LogP contribution in [0, 0.1) is 9.39 Å². The van der Waals surface area contributed by atoms with Gasteiger partial charge >= 0.3 is 0 Å². The lowest BCUT2D eigenvalue weighted by atomic mass is 10.2. The van der Waals surface area contributed by atoms with Gasteiger partial charge in [-0.3, -0.25) is 4.79 Å². The average molecular weight is 384 g/mol. The predicted octanol–water partition coefficient (Wildman–Crippen LogP) is 4.00. The van der Waals surface area contributed by atoms with Gasteiger partial charge in [0.15, 0.2) is 0 Å². The number of rotatable bonds is 4. The minimum absolute atomic E-state index is 0.0864. The topological polar surface area (TPSA) is 41.1 Å². The van der Waals surface area contributed by atoms with Crippen LogP contribution in [0.1, 0.15) is 12.5 Å². The molecule has 0 atom stereocenters. The van der Waals surface area contributed by atoms with Gasteiger partial charge < -0.3 is 10.6 Å². The van der Waals surface area contributed by atoms with E-state index in [1.54, 1.807) is 6.07 Å². The molecule has 2 aromatic rings. The Morgan fingerprint density at radius 2 is 1.90 bits per heavy atom. The maximum absolute atomic E-state index is 13.0. The van der Waals surface area contributed by atoms with Gasteiger partial charge in [0.05, 0.1) is 0 Å². The molecule has 104 valence electrons. The second-order valence-electron chi connectivity index (χ2n) is 4.36. The van der Waals surface area contributed by atoms with E-state index in [-0.39, 0.29) is 11.7 Å². The fourth-order valence-corrected chi connectivity index (χ4v) is 2.41. The Hall–Kier alpha value is -1.63. The number of anilines is 2. The molecule has 2 aromatic carbocycles. The molecule has 0 bridgehead atoms. The zero-order valence-corrected chi connectivity index (χ0v) is 13.1. The third kappa shape index (κ3) is 4.19. The van der Waals surface area contributed by atoms with Crippen LogP contribution in [0.2, 0.25) is 0 Å². The summed E-state index contributed by atoms with van der Waals surface area (Å²) in [6, 6.07) is 12.2. The number of hydrogen-bond donors (Lipinski definition) is 2. The van der Waals surface area contributed by atoms with Crippen molar-refractivity contribution in [1.29, 1.82) is 0 Å². The summed E-state index contributed by atoms with van der Waals surface area (Å²) in [6.45, 7) is 2.12. The van der Waals surface area contributed by atoms with E-state index >= 15 is 0 Å². The maximum Gasteiger partial charge on any atom is 0.221 e. The van der Waals surface area contributed by atoms with E-state index in [0.29, 0.717) is 6.54 Å². The molecule has 0 aliphatic rings. The fraction of sp³-hybridized carbons (Fsp3) is 0.133. The zero-order valence-electron chi connectivity index (χ0n) is 10.9. The molecule has 3 nitrogen and oxygen atoms in total. The normalized spacial score (nSPS) is 10.2. The first-order chi connectivity index (χ1) is 9.54. The number of carbonyl (C=O) groups excluding carboxylic acids is 1. The molecule has 0 aromatic heterocycles. The van der Waals surface area contributed by atoms with E-state index in [9.17, 15) is 9.18 Å². The Balaban J connectivity index is 1.98. The Kier molecular flexibility index (Phi) is 4.94. The highest BCUT2D eigenvalue weighted by Gasteiger charge is 2.01. The smallest absolute Gasteiger partial charge is 0.221 e. The molecule has 0 saturated carbocycles. The molecular weight excluding hydrogens is 370 g/mol. The van der Waals surface area contributed by atoms with E-state index < -0.39 is 0 Å². The molecular formula is C15H14FIN2O. The number of halogens is 2. The molecule has 2 rings (SSSR count). The van der Waals surface area contributed by atoms with Crippen LogP contribution in [0.4, 0.5) is 15.8 Å². The van der Waals surface area contributed by atoms with Crippen molar-refractivity contribution in [3.8, 4) is 0 Å². The van der Waals surface area contributed by atoms with Crippen LogP contribution < -0.4 is 10.6 Å². The van der Waals surface area contributed by atoms with Gasteiger partial charge in [-0.15, -0.1) is 0 Å². The third-order valence-electron chi connectivity index (χ3n) is 2.69. The Labute approximate surface area is 130 Å². The van der Waals surface area contributed by atoms with Crippen LogP contribution in [0.3, 0.4) is 0 Å². The molecule has 0 heterocycles. The molecule has 0 aliphatic carbocycles. The SMILES string of the molecule is CC(=O)Nc1ccc(CNc2ccc(F)cc2I)cc1. The lowest BCUT2D eigenvalue weighted by Crippen LogP contribution is -2.06. The van der Waals surface area contributed by atoms with Gasteiger partial charge in [-0.1, -0.05) is 12.1 Å². The Bertz CT molecular complexity index is 614. The summed E-state index contributed by atoms with van der Waals surface area (Å²) in [5, 5.41) is 5.97. The van der Waals surface area contributed by atoms with Gasteiger partial charge in [0.1, 0.15) is 5.82 Å². The highest BCUT2D eigenvalue weighted by atomic mass is 127. The largest absolute Gasteiger partial charge is 0.380 e. The predicted molar refractivity (Wildman–Crippen MR) is 87.2 cm³/mol. The van der Waals surface area contributed by atoms with E-state index in [2.05, 4.69) is 33.2 Å². The van der Waals surface area contributed by atoms with Crippen LogP contribution in [-0.2, 0) is 11.3 Å². The lowest BCUT2D eigenvalue weighted by molar-refractivity contribution is -0.114. The molecule has 0 unspecified atom stereocenters. The van der Waals surface area contributed by atoms with Gasteiger partial charge in [-0.25, -0.2) is 4.39 Å². The van der Waals surface area contributed by atoms with Crippen LogP contribution in [0.5, 0.6) is 0 Å². The number of benzene rings is 2. The lowest BCUT2D eigenvalue weighted by Gasteiger charge is -2.09. The van der Waals surface area contributed by atoms with Crippen molar-refractivity contribution in [1.82, 2.24) is 0 Å². The standard InChI is InChI=1S/C15H14FIN2O/c1-10(20)19-13-5-2-11(3-6-13)9-18-15-7-4-12(16)8-14(15)17/h2-8,18H,9H2,1H3,(H,19,20). The second kappa shape index (κ2) is 6.69. The van der Waals surface area contributed by atoms with E-state index in [0.717, 1.165) is 20.5 Å². The highest BCUT2D eigenvalue weighted by Crippen LogP contribution is 2.20. The summed E-state index contributed by atoms with van der Waals surface area (Å²) in [5.41, 5.74) is 2.76. The maximum atomic E-state index is 13.0.